The van der Waals surface area contributed by atoms with Crippen LogP contribution < -0.4 is 5.32 Å². The van der Waals surface area contributed by atoms with Crippen molar-refractivity contribution in [3.63, 3.8) is 0 Å². The molecular weight excluding hydrogens is 947 g/mol. The quantitative estimate of drug-likeness (QED) is 0.0320. The number of aliphatic hydroxyl groups excluding tert-OH is 2. The SMILES string of the molecule is CCCCC/C=C\C/C=C\CCCCCCCCCCCC(=O)OCCCCCCCCCCCCCC/C=C\CCCCCCCCCC(=O)NC(CO)C(O)/C=C/CCCCCCCCCCCCCCCCCC. The second-order valence-corrected chi connectivity index (χ2v) is 23.5. The summed E-state index contributed by atoms with van der Waals surface area (Å²) in [5, 5.41) is 23.2. The van der Waals surface area contributed by atoms with Crippen molar-refractivity contribution < 1.29 is 24.5 Å². The van der Waals surface area contributed by atoms with E-state index < -0.39 is 12.1 Å². The molecule has 0 bridgehead atoms. The Balaban J connectivity index is 3.42. The molecule has 452 valence electrons. The van der Waals surface area contributed by atoms with Crippen molar-refractivity contribution in [3.8, 4) is 0 Å². The van der Waals surface area contributed by atoms with E-state index in [4.69, 9.17) is 4.74 Å². The minimum absolute atomic E-state index is 0.00736. The molecule has 3 N–H and O–H groups in total. The Morgan fingerprint density at radius 2 is 0.649 bits per heavy atom. The molecule has 2 unspecified atom stereocenters. The fourth-order valence-electron chi connectivity index (χ4n) is 10.5. The highest BCUT2D eigenvalue weighted by Gasteiger charge is 2.18. The van der Waals surface area contributed by atoms with E-state index >= 15 is 0 Å². The van der Waals surface area contributed by atoms with E-state index in [0.717, 1.165) is 57.8 Å². The molecule has 0 heterocycles. The second-order valence-electron chi connectivity index (χ2n) is 23.5. The number of hydrogen-bond donors (Lipinski definition) is 3. The summed E-state index contributed by atoms with van der Waals surface area (Å²) < 4.78 is 5.50. The summed E-state index contributed by atoms with van der Waals surface area (Å²) in [5.41, 5.74) is 0. The Hall–Kier alpha value is -2.18. The van der Waals surface area contributed by atoms with E-state index in [1.807, 2.05) is 6.08 Å². The van der Waals surface area contributed by atoms with Gasteiger partial charge in [0, 0.05) is 12.8 Å². The number of carbonyl (C=O) groups excluding carboxylic acids is 2. The first-order chi connectivity index (χ1) is 38.0. The van der Waals surface area contributed by atoms with Gasteiger partial charge in [-0.3, -0.25) is 9.59 Å². The van der Waals surface area contributed by atoms with Crippen molar-refractivity contribution in [1.29, 1.82) is 0 Å². The summed E-state index contributed by atoms with van der Waals surface area (Å²) in [6.07, 6.45) is 86.0. The number of esters is 1. The van der Waals surface area contributed by atoms with E-state index in [1.54, 1.807) is 6.08 Å². The van der Waals surface area contributed by atoms with Gasteiger partial charge < -0.3 is 20.3 Å². The van der Waals surface area contributed by atoms with E-state index in [9.17, 15) is 19.8 Å². The lowest BCUT2D eigenvalue weighted by atomic mass is 10.0. The van der Waals surface area contributed by atoms with Gasteiger partial charge in [-0.2, -0.15) is 0 Å². The van der Waals surface area contributed by atoms with Gasteiger partial charge in [0.05, 0.1) is 25.4 Å². The molecule has 0 fully saturated rings. The Morgan fingerprint density at radius 1 is 0.364 bits per heavy atom. The predicted octanol–water partition coefficient (Wildman–Crippen LogP) is 22.1. The third kappa shape index (κ3) is 62.9. The van der Waals surface area contributed by atoms with E-state index in [-0.39, 0.29) is 18.5 Å². The predicted molar refractivity (Wildman–Crippen MR) is 338 cm³/mol. The third-order valence-electron chi connectivity index (χ3n) is 15.8. The number of allylic oxidation sites excluding steroid dienone is 7. The molecule has 1 amide bonds. The molecule has 6 heteroatoms. The molecule has 77 heavy (non-hydrogen) atoms. The maximum atomic E-state index is 12.5. The molecule has 0 aromatic carbocycles. The minimum Gasteiger partial charge on any atom is -0.466 e. The summed E-state index contributed by atoms with van der Waals surface area (Å²) >= 11 is 0. The van der Waals surface area contributed by atoms with Gasteiger partial charge in [0.15, 0.2) is 0 Å². The van der Waals surface area contributed by atoms with Gasteiger partial charge in [-0.1, -0.05) is 313 Å². The smallest absolute Gasteiger partial charge is 0.305 e. The van der Waals surface area contributed by atoms with Crippen LogP contribution in [0.15, 0.2) is 48.6 Å². The first kappa shape index (κ1) is 74.8. The average Bonchev–Trinajstić information content (AvgIpc) is 3.43. The maximum Gasteiger partial charge on any atom is 0.305 e. The number of nitrogens with one attached hydrogen (secondary N) is 1. The van der Waals surface area contributed by atoms with E-state index in [2.05, 4.69) is 55.6 Å². The van der Waals surface area contributed by atoms with Crippen molar-refractivity contribution >= 4 is 11.9 Å². The third-order valence-corrected chi connectivity index (χ3v) is 15.8. The van der Waals surface area contributed by atoms with Crippen LogP contribution in [0.4, 0.5) is 0 Å². The minimum atomic E-state index is -0.850. The van der Waals surface area contributed by atoms with Crippen LogP contribution in [0.5, 0.6) is 0 Å². The molecule has 0 aliphatic carbocycles. The Morgan fingerprint density at radius 3 is 1.03 bits per heavy atom. The van der Waals surface area contributed by atoms with Gasteiger partial charge in [-0.05, 0) is 89.9 Å². The Labute approximate surface area is 480 Å². The molecule has 0 spiro atoms. The number of amides is 1. The fourth-order valence-corrected chi connectivity index (χ4v) is 10.5. The van der Waals surface area contributed by atoms with Crippen LogP contribution in [0.2, 0.25) is 0 Å². The lowest BCUT2D eigenvalue weighted by molar-refractivity contribution is -0.143. The number of aliphatic hydroxyl groups is 2. The van der Waals surface area contributed by atoms with Gasteiger partial charge in [0.25, 0.3) is 0 Å². The average molecular weight is 1080 g/mol. The zero-order valence-corrected chi connectivity index (χ0v) is 51.7. The topological polar surface area (TPSA) is 95.9 Å². The highest BCUT2D eigenvalue weighted by molar-refractivity contribution is 5.76. The van der Waals surface area contributed by atoms with Crippen molar-refractivity contribution in [3.05, 3.63) is 48.6 Å². The highest BCUT2D eigenvalue weighted by atomic mass is 16.5. The van der Waals surface area contributed by atoms with Gasteiger partial charge in [-0.25, -0.2) is 0 Å². The zero-order chi connectivity index (χ0) is 55.7. The van der Waals surface area contributed by atoms with Gasteiger partial charge in [0.2, 0.25) is 5.91 Å². The van der Waals surface area contributed by atoms with E-state index in [0.29, 0.717) is 19.4 Å². The summed E-state index contributed by atoms with van der Waals surface area (Å²) in [7, 11) is 0. The summed E-state index contributed by atoms with van der Waals surface area (Å²) in [6.45, 7) is 4.90. The van der Waals surface area contributed by atoms with Crippen LogP contribution in [0.3, 0.4) is 0 Å². The summed E-state index contributed by atoms with van der Waals surface area (Å²) in [4.78, 5) is 24.6. The van der Waals surface area contributed by atoms with Crippen molar-refractivity contribution in [2.24, 2.45) is 0 Å². The van der Waals surface area contributed by atoms with Gasteiger partial charge in [0.1, 0.15) is 0 Å². The van der Waals surface area contributed by atoms with Crippen molar-refractivity contribution in [2.75, 3.05) is 13.2 Å². The number of hydrogen-bond acceptors (Lipinski definition) is 5. The molecular formula is C71H133NO5. The lowest BCUT2D eigenvalue weighted by Crippen LogP contribution is -2.45. The van der Waals surface area contributed by atoms with Crippen LogP contribution in [0.1, 0.15) is 367 Å². The summed E-state index contributed by atoms with van der Waals surface area (Å²) in [6, 6.07) is -0.634. The summed E-state index contributed by atoms with van der Waals surface area (Å²) in [5.74, 6) is -0.0648. The van der Waals surface area contributed by atoms with Crippen LogP contribution >= 0.6 is 0 Å². The first-order valence-corrected chi connectivity index (χ1v) is 34.4. The Kier molecular flexibility index (Phi) is 64.5. The monoisotopic (exact) mass is 1080 g/mol. The van der Waals surface area contributed by atoms with Crippen molar-refractivity contribution in [1.82, 2.24) is 5.32 Å². The Bertz CT molecular complexity index is 1290. The zero-order valence-electron chi connectivity index (χ0n) is 51.7. The first-order valence-electron chi connectivity index (χ1n) is 34.4. The second kappa shape index (κ2) is 66.3. The van der Waals surface area contributed by atoms with E-state index in [1.165, 1.54) is 283 Å². The highest BCUT2D eigenvalue weighted by Crippen LogP contribution is 2.18. The molecule has 6 nitrogen and oxygen atoms in total. The molecule has 0 aliphatic rings. The van der Waals surface area contributed by atoms with Crippen LogP contribution in [0.25, 0.3) is 0 Å². The molecule has 0 rings (SSSR count). The molecule has 0 saturated heterocycles. The normalized spacial score (nSPS) is 12.8. The molecule has 0 aromatic heterocycles. The number of carbonyl (C=O) groups is 2. The molecule has 2 atom stereocenters. The largest absolute Gasteiger partial charge is 0.466 e. The lowest BCUT2D eigenvalue weighted by Gasteiger charge is -2.20. The van der Waals surface area contributed by atoms with Crippen LogP contribution in [-0.2, 0) is 14.3 Å². The molecule has 0 aromatic rings. The number of unbranched alkanes of at least 4 members (excludes halogenated alkanes) is 47. The maximum absolute atomic E-state index is 12.5. The van der Waals surface area contributed by atoms with Gasteiger partial charge >= 0.3 is 5.97 Å². The number of rotatable bonds is 64. The van der Waals surface area contributed by atoms with Crippen LogP contribution in [0, 0.1) is 0 Å². The molecule has 0 saturated carbocycles. The standard InChI is InChI=1S/C71H133NO5/c1-3-5-7-9-11-13-15-17-19-21-28-33-37-41-45-49-53-57-61-65-71(76)77-66-62-58-54-50-46-42-38-34-30-27-25-23-24-26-29-32-36-40-44-48-52-56-60-64-70(75)72-68(67-73)69(74)63-59-55-51-47-43-39-35-31-22-20-18-16-14-12-10-8-6-4-2/h11,13,17,19,26,29,59,63,68-69,73-74H,3-10,12,14-16,18,20-25,27-28,30-58,60-62,64-67H2,1-2H3,(H,72,75)/b13-11-,19-17-,29-26-,63-59+. The number of ether oxygens (including phenoxy) is 1. The molecule has 0 aliphatic heterocycles. The van der Waals surface area contributed by atoms with Crippen molar-refractivity contribution in [2.45, 2.75) is 379 Å². The van der Waals surface area contributed by atoms with Crippen LogP contribution in [-0.4, -0.2) is 47.4 Å². The fraction of sp³-hybridized carbons (Fsp3) is 0.859. The molecule has 0 radical (unpaired) electrons. The van der Waals surface area contributed by atoms with Gasteiger partial charge in [-0.15, -0.1) is 0 Å².